The van der Waals surface area contributed by atoms with E-state index in [1.165, 1.54) is 0 Å². The van der Waals surface area contributed by atoms with Gasteiger partial charge in [0, 0.05) is 25.6 Å². The SMILES string of the molecule is C[C@@H]1CC[C@@H](O)CN1CCC(=N)N. The fraction of sp³-hybridized carbons (Fsp3) is 0.889. The van der Waals surface area contributed by atoms with Crippen LogP contribution in [0.15, 0.2) is 0 Å². The zero-order valence-corrected chi connectivity index (χ0v) is 8.16. The molecule has 1 saturated heterocycles. The zero-order chi connectivity index (χ0) is 9.84. The van der Waals surface area contributed by atoms with Gasteiger partial charge < -0.3 is 10.8 Å². The fourth-order valence-electron chi connectivity index (χ4n) is 1.73. The third-order valence-electron chi connectivity index (χ3n) is 2.65. The summed E-state index contributed by atoms with van der Waals surface area (Å²) in [6.45, 7) is 3.69. The van der Waals surface area contributed by atoms with Gasteiger partial charge in [0.1, 0.15) is 0 Å². The average Bonchev–Trinajstić information content (AvgIpc) is 2.06. The van der Waals surface area contributed by atoms with Gasteiger partial charge in [-0.1, -0.05) is 0 Å². The van der Waals surface area contributed by atoms with Crippen LogP contribution in [0.5, 0.6) is 0 Å². The van der Waals surface area contributed by atoms with Gasteiger partial charge in [0.2, 0.25) is 0 Å². The number of aliphatic hydroxyl groups excluding tert-OH is 1. The summed E-state index contributed by atoms with van der Waals surface area (Å²) in [4.78, 5) is 2.20. The third kappa shape index (κ3) is 3.32. The van der Waals surface area contributed by atoms with E-state index in [-0.39, 0.29) is 11.9 Å². The fourth-order valence-corrected chi connectivity index (χ4v) is 1.73. The number of aliphatic hydroxyl groups is 1. The van der Waals surface area contributed by atoms with Crippen molar-refractivity contribution in [3.63, 3.8) is 0 Å². The van der Waals surface area contributed by atoms with Gasteiger partial charge in [-0.15, -0.1) is 0 Å². The Balaban J connectivity index is 2.33. The molecule has 1 rings (SSSR count). The molecule has 0 spiro atoms. The molecule has 0 saturated carbocycles. The van der Waals surface area contributed by atoms with Crippen LogP contribution in [0.2, 0.25) is 0 Å². The molecule has 0 aromatic heterocycles. The van der Waals surface area contributed by atoms with Gasteiger partial charge in [-0.25, -0.2) is 0 Å². The molecule has 4 N–H and O–H groups in total. The molecule has 4 heteroatoms. The summed E-state index contributed by atoms with van der Waals surface area (Å²) >= 11 is 0. The van der Waals surface area contributed by atoms with Crippen molar-refractivity contribution in [2.75, 3.05) is 13.1 Å². The molecule has 0 radical (unpaired) electrons. The normalized spacial score (nSPS) is 30.3. The summed E-state index contributed by atoms with van der Waals surface area (Å²) in [6, 6.07) is 0.516. The summed E-state index contributed by atoms with van der Waals surface area (Å²) < 4.78 is 0. The van der Waals surface area contributed by atoms with Crippen molar-refractivity contribution >= 4 is 5.84 Å². The molecular weight excluding hydrogens is 166 g/mol. The minimum atomic E-state index is -0.192. The monoisotopic (exact) mass is 185 g/mol. The molecule has 76 valence electrons. The summed E-state index contributed by atoms with van der Waals surface area (Å²) in [5.41, 5.74) is 5.28. The highest BCUT2D eigenvalue weighted by atomic mass is 16.3. The lowest BCUT2D eigenvalue weighted by atomic mass is 10.0. The van der Waals surface area contributed by atoms with E-state index in [1.54, 1.807) is 0 Å². The minimum Gasteiger partial charge on any atom is -0.392 e. The highest BCUT2D eigenvalue weighted by Gasteiger charge is 2.23. The smallest absolute Gasteiger partial charge is 0.0918 e. The number of rotatable bonds is 3. The van der Waals surface area contributed by atoms with E-state index in [0.29, 0.717) is 12.5 Å². The largest absolute Gasteiger partial charge is 0.392 e. The van der Waals surface area contributed by atoms with E-state index in [1.807, 2.05) is 0 Å². The Morgan fingerprint density at radius 3 is 2.92 bits per heavy atom. The van der Waals surface area contributed by atoms with Gasteiger partial charge in [-0.2, -0.15) is 0 Å². The Kier molecular flexibility index (Phi) is 3.69. The zero-order valence-electron chi connectivity index (χ0n) is 8.16. The second kappa shape index (κ2) is 4.58. The number of amidine groups is 1. The van der Waals surface area contributed by atoms with Crippen LogP contribution in [0.4, 0.5) is 0 Å². The van der Waals surface area contributed by atoms with Crippen LogP contribution in [-0.4, -0.2) is 41.1 Å². The Morgan fingerprint density at radius 2 is 2.31 bits per heavy atom. The topological polar surface area (TPSA) is 73.3 Å². The number of nitrogens with one attached hydrogen (secondary N) is 1. The first-order valence-electron chi connectivity index (χ1n) is 4.84. The predicted molar refractivity (Wildman–Crippen MR) is 52.8 cm³/mol. The van der Waals surface area contributed by atoms with Crippen molar-refractivity contribution in [3.05, 3.63) is 0 Å². The Hall–Kier alpha value is -0.610. The van der Waals surface area contributed by atoms with Gasteiger partial charge >= 0.3 is 0 Å². The molecule has 13 heavy (non-hydrogen) atoms. The Morgan fingerprint density at radius 1 is 1.62 bits per heavy atom. The van der Waals surface area contributed by atoms with E-state index in [9.17, 15) is 5.11 Å². The lowest BCUT2D eigenvalue weighted by molar-refractivity contribution is 0.0427. The molecule has 2 atom stereocenters. The molecule has 0 aromatic carbocycles. The number of hydrogen-bond acceptors (Lipinski definition) is 3. The van der Waals surface area contributed by atoms with Crippen LogP contribution in [-0.2, 0) is 0 Å². The third-order valence-corrected chi connectivity index (χ3v) is 2.65. The number of nitrogens with zero attached hydrogens (tertiary/aromatic N) is 1. The van der Waals surface area contributed by atoms with Gasteiger partial charge in [0.15, 0.2) is 0 Å². The molecule has 0 bridgehead atoms. The highest BCUT2D eigenvalue weighted by molar-refractivity contribution is 5.76. The van der Waals surface area contributed by atoms with E-state index in [4.69, 9.17) is 11.1 Å². The summed E-state index contributed by atoms with van der Waals surface area (Å²) in [6.07, 6.45) is 2.36. The first-order chi connectivity index (χ1) is 6.09. The summed E-state index contributed by atoms with van der Waals surface area (Å²) in [5.74, 6) is 0.229. The van der Waals surface area contributed by atoms with Crippen LogP contribution in [0, 0.1) is 5.41 Å². The van der Waals surface area contributed by atoms with Gasteiger partial charge in [0.05, 0.1) is 11.9 Å². The maximum atomic E-state index is 9.44. The number of hydrogen-bond donors (Lipinski definition) is 3. The maximum Gasteiger partial charge on any atom is 0.0918 e. The highest BCUT2D eigenvalue weighted by Crippen LogP contribution is 2.16. The Labute approximate surface area is 79.2 Å². The van der Waals surface area contributed by atoms with E-state index in [2.05, 4.69) is 11.8 Å². The van der Waals surface area contributed by atoms with Gasteiger partial charge in [-0.05, 0) is 19.8 Å². The molecule has 0 aromatic rings. The number of β-amino-alcohol motifs (C(OH)–C–C–N with tert-alkyl or cyclic N) is 1. The van der Waals surface area contributed by atoms with Crippen molar-refractivity contribution in [3.8, 4) is 0 Å². The molecule has 0 amide bonds. The first kappa shape index (κ1) is 10.5. The van der Waals surface area contributed by atoms with E-state index in [0.717, 1.165) is 25.9 Å². The maximum absolute atomic E-state index is 9.44. The van der Waals surface area contributed by atoms with Crippen molar-refractivity contribution in [1.82, 2.24) is 4.90 Å². The molecule has 0 aliphatic carbocycles. The number of nitrogens with two attached hydrogens (primary N) is 1. The lowest BCUT2D eigenvalue weighted by Gasteiger charge is -2.35. The van der Waals surface area contributed by atoms with Crippen LogP contribution >= 0.6 is 0 Å². The van der Waals surface area contributed by atoms with Crippen LogP contribution in [0.1, 0.15) is 26.2 Å². The van der Waals surface area contributed by atoms with Crippen molar-refractivity contribution in [2.45, 2.75) is 38.3 Å². The second-order valence-corrected chi connectivity index (χ2v) is 3.85. The molecule has 4 nitrogen and oxygen atoms in total. The van der Waals surface area contributed by atoms with E-state index < -0.39 is 0 Å². The van der Waals surface area contributed by atoms with E-state index >= 15 is 0 Å². The second-order valence-electron chi connectivity index (χ2n) is 3.85. The van der Waals surface area contributed by atoms with Crippen molar-refractivity contribution in [1.29, 1.82) is 5.41 Å². The predicted octanol–water partition coefficient (Wildman–Crippen LogP) is 0.158. The van der Waals surface area contributed by atoms with Crippen LogP contribution in [0.25, 0.3) is 0 Å². The molecular formula is C9H19N3O. The minimum absolute atomic E-state index is 0.192. The molecule has 1 aliphatic heterocycles. The van der Waals surface area contributed by atoms with Crippen LogP contribution < -0.4 is 5.73 Å². The molecule has 0 unspecified atom stereocenters. The van der Waals surface area contributed by atoms with Crippen molar-refractivity contribution in [2.24, 2.45) is 5.73 Å². The lowest BCUT2D eigenvalue weighted by Crippen LogP contribution is -2.45. The summed E-state index contributed by atoms with van der Waals surface area (Å²) in [5, 5.41) is 16.6. The van der Waals surface area contributed by atoms with Crippen molar-refractivity contribution < 1.29 is 5.11 Å². The quantitative estimate of drug-likeness (QED) is 0.433. The first-order valence-corrected chi connectivity index (χ1v) is 4.84. The van der Waals surface area contributed by atoms with Gasteiger partial charge in [-0.3, -0.25) is 10.3 Å². The standard InChI is InChI=1S/C9H19N3O/c1-7-2-3-8(13)6-12(7)5-4-9(10)11/h7-8,13H,2-6H2,1H3,(H3,10,11)/t7-,8-/m1/s1. The summed E-state index contributed by atoms with van der Waals surface area (Å²) in [7, 11) is 0. The average molecular weight is 185 g/mol. The number of likely N-dealkylation sites (tertiary alicyclic amines) is 1. The molecule has 1 aliphatic rings. The molecule has 1 heterocycles. The van der Waals surface area contributed by atoms with Crippen LogP contribution in [0.3, 0.4) is 0 Å². The number of piperidine rings is 1. The molecule has 1 fully saturated rings. The van der Waals surface area contributed by atoms with Gasteiger partial charge in [0.25, 0.3) is 0 Å². The Bertz CT molecular complexity index is 184.